The average Bonchev–Trinajstić information content (AvgIpc) is 2.81. The van der Waals surface area contributed by atoms with Crippen molar-refractivity contribution in [3.63, 3.8) is 0 Å². The molecule has 2 aromatic rings. The van der Waals surface area contributed by atoms with E-state index in [9.17, 15) is 9.59 Å². The molecule has 0 radical (unpaired) electrons. The van der Waals surface area contributed by atoms with Gasteiger partial charge < -0.3 is 10.1 Å². The molecule has 1 heterocycles. The zero-order valence-corrected chi connectivity index (χ0v) is 10.3. The summed E-state index contributed by atoms with van der Waals surface area (Å²) in [5, 5.41) is 9.17. The topological polar surface area (TPSA) is 70.2 Å². The van der Waals surface area contributed by atoms with E-state index >= 15 is 0 Å². The molecule has 92 valence electrons. The molecule has 1 aromatic heterocycles. The van der Waals surface area contributed by atoms with Crippen LogP contribution in [0.2, 0.25) is 5.02 Å². The van der Waals surface area contributed by atoms with Crippen LogP contribution in [0, 0.1) is 6.92 Å². The molecule has 0 aliphatic carbocycles. The summed E-state index contributed by atoms with van der Waals surface area (Å²) in [6.45, 7) is 1.80. The number of H-pyrrole nitrogens is 1. The highest BCUT2D eigenvalue weighted by molar-refractivity contribution is 6.35. The summed E-state index contributed by atoms with van der Waals surface area (Å²) in [5.74, 6) is -1.41. The number of nitrogens with one attached hydrogen (secondary N) is 1. The first-order chi connectivity index (χ1) is 8.50. The molecule has 0 fully saturated rings. The van der Waals surface area contributed by atoms with E-state index in [1.54, 1.807) is 25.1 Å². The number of aromatic carboxylic acids is 1. The molecule has 2 rings (SSSR count). The highest BCUT2D eigenvalue weighted by Gasteiger charge is 2.16. The van der Waals surface area contributed by atoms with Gasteiger partial charge in [-0.3, -0.25) is 4.79 Å². The van der Waals surface area contributed by atoms with E-state index in [0.29, 0.717) is 10.6 Å². The lowest BCUT2D eigenvalue weighted by Gasteiger charge is -2.04. The molecule has 0 saturated carbocycles. The summed E-state index contributed by atoms with van der Waals surface area (Å²) in [5.41, 5.74) is 1.42. The zero-order chi connectivity index (χ0) is 13.3. The van der Waals surface area contributed by atoms with Gasteiger partial charge in [0.1, 0.15) is 5.69 Å². The largest absolute Gasteiger partial charge is 0.477 e. The van der Waals surface area contributed by atoms with Gasteiger partial charge in [-0.25, -0.2) is 4.79 Å². The maximum atomic E-state index is 12.2. The first kappa shape index (κ1) is 12.4. The van der Waals surface area contributed by atoms with Crippen LogP contribution in [0.5, 0.6) is 0 Å². The average molecular weight is 264 g/mol. The van der Waals surface area contributed by atoms with Crippen molar-refractivity contribution in [1.29, 1.82) is 0 Å². The molecule has 0 amide bonds. The fourth-order valence-corrected chi connectivity index (χ4v) is 1.84. The predicted molar refractivity (Wildman–Crippen MR) is 67.4 cm³/mol. The monoisotopic (exact) mass is 263 g/mol. The van der Waals surface area contributed by atoms with Crippen molar-refractivity contribution in [1.82, 2.24) is 4.98 Å². The van der Waals surface area contributed by atoms with Gasteiger partial charge in [0.25, 0.3) is 0 Å². The molecule has 0 spiro atoms. The Labute approximate surface area is 108 Å². The lowest BCUT2D eigenvalue weighted by Crippen LogP contribution is -2.02. The van der Waals surface area contributed by atoms with Crippen LogP contribution in [0.4, 0.5) is 0 Å². The van der Waals surface area contributed by atoms with Crippen molar-refractivity contribution in [2.24, 2.45) is 0 Å². The minimum atomic E-state index is -1.11. The summed E-state index contributed by atoms with van der Waals surface area (Å²) in [4.78, 5) is 25.4. The lowest BCUT2D eigenvalue weighted by molar-refractivity contribution is 0.0691. The van der Waals surface area contributed by atoms with Crippen molar-refractivity contribution in [3.05, 3.63) is 57.9 Å². The molecule has 5 heteroatoms. The Morgan fingerprint density at radius 2 is 2.06 bits per heavy atom. The maximum Gasteiger partial charge on any atom is 0.352 e. The number of aromatic nitrogens is 1. The minimum Gasteiger partial charge on any atom is -0.477 e. The summed E-state index contributed by atoms with van der Waals surface area (Å²) in [7, 11) is 0. The molecule has 0 unspecified atom stereocenters. The van der Waals surface area contributed by atoms with E-state index in [0.717, 1.165) is 5.56 Å². The van der Waals surface area contributed by atoms with Crippen LogP contribution in [-0.4, -0.2) is 21.8 Å². The van der Waals surface area contributed by atoms with E-state index < -0.39 is 5.97 Å². The first-order valence-corrected chi connectivity index (χ1v) is 5.60. The van der Waals surface area contributed by atoms with Gasteiger partial charge in [0.2, 0.25) is 0 Å². The second-order valence-corrected chi connectivity index (χ2v) is 4.25. The third-order valence-corrected chi connectivity index (χ3v) is 3.11. The molecule has 0 aliphatic heterocycles. The third-order valence-electron chi connectivity index (χ3n) is 2.61. The highest BCUT2D eigenvalue weighted by Crippen LogP contribution is 2.23. The number of hydrogen-bond acceptors (Lipinski definition) is 2. The van der Waals surface area contributed by atoms with Gasteiger partial charge >= 0.3 is 5.97 Å². The number of carbonyl (C=O) groups excluding carboxylic acids is 1. The number of halogens is 1. The molecule has 1 aromatic carbocycles. The summed E-state index contributed by atoms with van der Waals surface area (Å²) >= 11 is 6.06. The van der Waals surface area contributed by atoms with Crippen molar-refractivity contribution in [2.75, 3.05) is 0 Å². The minimum absolute atomic E-state index is 0.0258. The number of carboxylic acids is 1. The van der Waals surface area contributed by atoms with E-state index in [1.165, 1.54) is 12.3 Å². The fourth-order valence-electron chi connectivity index (χ4n) is 1.63. The molecular formula is C13H10ClNO3. The van der Waals surface area contributed by atoms with Crippen LogP contribution >= 0.6 is 11.6 Å². The van der Waals surface area contributed by atoms with Crippen LogP contribution in [0.1, 0.15) is 32.0 Å². The Morgan fingerprint density at radius 1 is 1.33 bits per heavy atom. The standard InChI is InChI=1S/C13H10ClNO3/c1-7-3-2-4-9(11(7)14)12(16)8-5-10(13(17)18)15-6-8/h2-6,15H,1H3,(H,17,18). The number of rotatable bonds is 3. The molecule has 4 nitrogen and oxygen atoms in total. The van der Waals surface area contributed by atoms with Crippen LogP contribution in [0.15, 0.2) is 30.5 Å². The van der Waals surface area contributed by atoms with Crippen LogP contribution in [0.25, 0.3) is 0 Å². The molecule has 2 N–H and O–H groups in total. The van der Waals surface area contributed by atoms with Gasteiger partial charge in [0.05, 0.1) is 5.02 Å². The molecule has 0 atom stereocenters. The van der Waals surface area contributed by atoms with Gasteiger partial charge in [-0.2, -0.15) is 0 Å². The Bertz CT molecular complexity index is 631. The Morgan fingerprint density at radius 3 is 2.67 bits per heavy atom. The van der Waals surface area contributed by atoms with E-state index in [4.69, 9.17) is 16.7 Å². The summed E-state index contributed by atoms with van der Waals surface area (Å²) < 4.78 is 0. The lowest BCUT2D eigenvalue weighted by atomic mass is 10.0. The SMILES string of the molecule is Cc1cccc(C(=O)c2c[nH]c(C(=O)O)c2)c1Cl. The quantitative estimate of drug-likeness (QED) is 0.837. The summed E-state index contributed by atoms with van der Waals surface area (Å²) in [6.07, 6.45) is 1.37. The van der Waals surface area contributed by atoms with Gasteiger partial charge in [0, 0.05) is 17.3 Å². The van der Waals surface area contributed by atoms with Crippen LogP contribution in [0.3, 0.4) is 0 Å². The second kappa shape index (κ2) is 4.66. The number of aromatic amines is 1. The number of hydrogen-bond donors (Lipinski definition) is 2. The van der Waals surface area contributed by atoms with Crippen LogP contribution in [-0.2, 0) is 0 Å². The van der Waals surface area contributed by atoms with Gasteiger partial charge in [-0.1, -0.05) is 23.7 Å². The molecule has 18 heavy (non-hydrogen) atoms. The number of carbonyl (C=O) groups is 2. The van der Waals surface area contributed by atoms with Gasteiger partial charge in [-0.15, -0.1) is 0 Å². The van der Waals surface area contributed by atoms with Crippen molar-refractivity contribution in [2.45, 2.75) is 6.92 Å². The van der Waals surface area contributed by atoms with Crippen molar-refractivity contribution in [3.8, 4) is 0 Å². The molecule has 0 aliphatic rings. The molecule has 0 bridgehead atoms. The normalized spacial score (nSPS) is 10.3. The fraction of sp³-hybridized carbons (Fsp3) is 0.0769. The highest BCUT2D eigenvalue weighted by atomic mass is 35.5. The predicted octanol–water partition coefficient (Wildman–Crippen LogP) is 2.91. The van der Waals surface area contributed by atoms with Gasteiger partial charge in [-0.05, 0) is 24.6 Å². The van der Waals surface area contributed by atoms with E-state index in [-0.39, 0.29) is 17.0 Å². The van der Waals surface area contributed by atoms with Crippen molar-refractivity contribution < 1.29 is 14.7 Å². The zero-order valence-electron chi connectivity index (χ0n) is 9.53. The first-order valence-electron chi connectivity index (χ1n) is 5.22. The second-order valence-electron chi connectivity index (χ2n) is 3.87. The van der Waals surface area contributed by atoms with Crippen LogP contribution < -0.4 is 0 Å². The van der Waals surface area contributed by atoms with E-state index in [1.807, 2.05) is 0 Å². The molecular weight excluding hydrogens is 254 g/mol. The molecule has 0 saturated heterocycles. The number of aryl methyl sites for hydroxylation is 1. The Kier molecular flexibility index (Phi) is 3.21. The Hall–Kier alpha value is -2.07. The van der Waals surface area contributed by atoms with Gasteiger partial charge in [0.15, 0.2) is 5.78 Å². The summed E-state index contributed by atoms with van der Waals surface area (Å²) in [6, 6.07) is 6.45. The maximum absolute atomic E-state index is 12.2. The third kappa shape index (κ3) is 2.15. The Balaban J connectivity index is 2.41. The smallest absolute Gasteiger partial charge is 0.352 e. The number of carboxylic acid groups (broad SMARTS) is 1. The van der Waals surface area contributed by atoms with E-state index in [2.05, 4.69) is 4.98 Å². The number of ketones is 1. The number of benzene rings is 1. The van der Waals surface area contributed by atoms with Crippen molar-refractivity contribution >= 4 is 23.4 Å².